The van der Waals surface area contributed by atoms with Gasteiger partial charge < -0.3 is 0 Å². The van der Waals surface area contributed by atoms with Crippen LogP contribution in [0.1, 0.15) is 16.7 Å². The molecule has 0 aliphatic heterocycles. The van der Waals surface area contributed by atoms with Crippen LogP contribution >= 0.6 is 0 Å². The van der Waals surface area contributed by atoms with Gasteiger partial charge in [0.15, 0.2) is 23.3 Å². The monoisotopic (exact) mass is 365 g/mol. The zero-order valence-electron chi connectivity index (χ0n) is 12.8. The van der Waals surface area contributed by atoms with Crippen LogP contribution in [0.3, 0.4) is 0 Å². The van der Waals surface area contributed by atoms with Crippen LogP contribution in [0.25, 0.3) is 0 Å². The van der Waals surface area contributed by atoms with Crippen LogP contribution in [0, 0.1) is 49.9 Å². The van der Waals surface area contributed by atoms with Crippen molar-refractivity contribution in [3.63, 3.8) is 0 Å². The topological polar surface area (TPSA) is 46.2 Å². The molecule has 0 heterocycles. The molecule has 9 heteroatoms. The van der Waals surface area contributed by atoms with E-state index >= 15 is 0 Å². The smallest absolute Gasteiger partial charge is 0.262 e. The van der Waals surface area contributed by atoms with Gasteiger partial charge in [-0.05, 0) is 31.9 Å². The van der Waals surface area contributed by atoms with Gasteiger partial charge in [-0.1, -0.05) is 17.7 Å². The highest BCUT2D eigenvalue weighted by Gasteiger charge is 2.30. The minimum absolute atomic E-state index is 0.267. The van der Waals surface area contributed by atoms with E-state index in [2.05, 4.69) is 0 Å². The summed E-state index contributed by atoms with van der Waals surface area (Å²) in [6.07, 6.45) is 0. The van der Waals surface area contributed by atoms with Gasteiger partial charge in [-0.15, -0.1) is 0 Å². The minimum Gasteiger partial charge on any atom is -0.274 e. The Balaban J connectivity index is 2.65. The Bertz CT molecular complexity index is 889. The normalized spacial score (nSPS) is 11.7. The first-order valence-electron chi connectivity index (χ1n) is 6.59. The van der Waals surface area contributed by atoms with Gasteiger partial charge in [-0.2, -0.15) is 0 Å². The molecule has 0 fully saturated rings. The zero-order chi connectivity index (χ0) is 18.4. The quantitative estimate of drug-likeness (QED) is 0.506. The largest absolute Gasteiger partial charge is 0.274 e. The molecule has 0 saturated carbocycles. The fourth-order valence-electron chi connectivity index (χ4n) is 2.47. The Morgan fingerprint density at radius 3 is 1.54 bits per heavy atom. The highest BCUT2D eigenvalue weighted by molar-refractivity contribution is 7.92. The standard InChI is InChI=1S/C15H12F5NO2S/c1-6-4-7(2)15(8(3)5-6)24(22,23)21-14-12(19)10(17)9(16)11(18)13(14)20/h4-5,21H,1-3H3. The molecule has 2 aromatic rings. The molecular formula is C15H12F5NO2S. The van der Waals surface area contributed by atoms with Crippen molar-refractivity contribution in [2.24, 2.45) is 0 Å². The number of rotatable bonds is 3. The predicted molar refractivity (Wildman–Crippen MR) is 77.7 cm³/mol. The number of sulfonamides is 1. The van der Waals surface area contributed by atoms with E-state index in [0.717, 1.165) is 5.56 Å². The Morgan fingerprint density at radius 2 is 1.12 bits per heavy atom. The first-order valence-corrected chi connectivity index (χ1v) is 8.07. The van der Waals surface area contributed by atoms with Crippen molar-refractivity contribution in [2.75, 3.05) is 4.72 Å². The van der Waals surface area contributed by atoms with E-state index in [-0.39, 0.29) is 16.0 Å². The van der Waals surface area contributed by atoms with Gasteiger partial charge in [0, 0.05) is 0 Å². The molecule has 0 saturated heterocycles. The van der Waals surface area contributed by atoms with E-state index in [1.807, 2.05) is 0 Å². The molecule has 0 aromatic heterocycles. The first kappa shape index (κ1) is 18.2. The van der Waals surface area contributed by atoms with Crippen LogP contribution in [0.2, 0.25) is 0 Å². The summed E-state index contributed by atoms with van der Waals surface area (Å²) in [5, 5.41) is 0. The molecular weight excluding hydrogens is 353 g/mol. The first-order chi connectivity index (χ1) is 11.0. The summed E-state index contributed by atoms with van der Waals surface area (Å²) < 4.78 is 93.0. The molecule has 3 nitrogen and oxygen atoms in total. The van der Waals surface area contributed by atoms with Crippen molar-refractivity contribution in [3.8, 4) is 0 Å². The van der Waals surface area contributed by atoms with E-state index in [1.165, 1.54) is 30.7 Å². The van der Waals surface area contributed by atoms with Crippen LogP contribution in [0.15, 0.2) is 17.0 Å². The second-order valence-corrected chi connectivity index (χ2v) is 6.90. The van der Waals surface area contributed by atoms with E-state index in [0.29, 0.717) is 0 Å². The van der Waals surface area contributed by atoms with Crippen molar-refractivity contribution in [3.05, 3.63) is 57.9 Å². The van der Waals surface area contributed by atoms with Gasteiger partial charge in [-0.25, -0.2) is 30.4 Å². The van der Waals surface area contributed by atoms with E-state index < -0.39 is 44.8 Å². The molecule has 0 spiro atoms. The SMILES string of the molecule is Cc1cc(C)c(S(=O)(=O)Nc2c(F)c(F)c(F)c(F)c2F)c(C)c1. The molecule has 24 heavy (non-hydrogen) atoms. The van der Waals surface area contributed by atoms with Crippen LogP contribution in [0.5, 0.6) is 0 Å². The van der Waals surface area contributed by atoms with Gasteiger partial charge in [0.2, 0.25) is 5.82 Å². The average molecular weight is 365 g/mol. The molecule has 1 N–H and O–H groups in total. The lowest BCUT2D eigenvalue weighted by atomic mass is 10.1. The van der Waals surface area contributed by atoms with E-state index in [4.69, 9.17) is 0 Å². The highest BCUT2D eigenvalue weighted by Crippen LogP contribution is 2.30. The molecule has 0 bridgehead atoms. The summed E-state index contributed by atoms with van der Waals surface area (Å²) in [6.45, 7) is 4.62. The molecule has 130 valence electrons. The van der Waals surface area contributed by atoms with E-state index in [1.54, 1.807) is 6.92 Å². The maximum atomic E-state index is 13.7. The van der Waals surface area contributed by atoms with Crippen molar-refractivity contribution in [1.82, 2.24) is 0 Å². The predicted octanol–water partition coefficient (Wildman–Crippen LogP) is 4.11. The molecule has 0 unspecified atom stereocenters. The van der Waals surface area contributed by atoms with Crippen LogP contribution < -0.4 is 4.72 Å². The summed E-state index contributed by atoms with van der Waals surface area (Å²) in [7, 11) is -4.57. The molecule has 0 amide bonds. The van der Waals surface area contributed by atoms with Gasteiger partial charge in [0.25, 0.3) is 10.0 Å². The Morgan fingerprint density at radius 1 is 0.750 bits per heavy atom. The third-order valence-corrected chi connectivity index (χ3v) is 4.97. The Kier molecular flexibility index (Phi) is 4.58. The maximum Gasteiger partial charge on any atom is 0.262 e. The number of aryl methyl sites for hydroxylation is 3. The average Bonchev–Trinajstić information content (AvgIpc) is 2.46. The molecule has 0 radical (unpaired) electrons. The van der Waals surface area contributed by atoms with Crippen LogP contribution in [-0.2, 0) is 10.0 Å². The minimum atomic E-state index is -4.57. The summed E-state index contributed by atoms with van der Waals surface area (Å²) in [4.78, 5) is -0.294. The van der Waals surface area contributed by atoms with Gasteiger partial charge in [0.1, 0.15) is 5.69 Å². The fourth-order valence-corrected chi connectivity index (χ4v) is 3.99. The van der Waals surface area contributed by atoms with Crippen LogP contribution in [-0.4, -0.2) is 8.42 Å². The number of hydrogen-bond donors (Lipinski definition) is 1. The van der Waals surface area contributed by atoms with Crippen molar-refractivity contribution in [2.45, 2.75) is 25.7 Å². The van der Waals surface area contributed by atoms with Gasteiger partial charge >= 0.3 is 0 Å². The summed E-state index contributed by atoms with van der Waals surface area (Å²) in [6, 6.07) is 3.03. The third kappa shape index (κ3) is 2.95. The second kappa shape index (κ2) is 6.04. The molecule has 0 aliphatic rings. The molecule has 0 atom stereocenters. The third-order valence-electron chi connectivity index (χ3n) is 3.32. The van der Waals surface area contributed by atoms with E-state index in [9.17, 15) is 30.4 Å². The maximum absolute atomic E-state index is 13.7. The zero-order valence-corrected chi connectivity index (χ0v) is 13.6. The molecule has 0 aliphatic carbocycles. The van der Waals surface area contributed by atoms with Crippen molar-refractivity contribution < 1.29 is 30.4 Å². The summed E-state index contributed by atoms with van der Waals surface area (Å²) in [5.74, 6) is -11.3. The number of halogens is 5. The van der Waals surface area contributed by atoms with Crippen LogP contribution in [0.4, 0.5) is 27.6 Å². The highest BCUT2D eigenvalue weighted by atomic mass is 32.2. The summed E-state index contributed by atoms with van der Waals surface area (Å²) in [5.41, 5.74) is -0.335. The Hall–Kier alpha value is -2.16. The van der Waals surface area contributed by atoms with Gasteiger partial charge in [0.05, 0.1) is 4.90 Å². The number of nitrogens with one attached hydrogen (secondary N) is 1. The number of anilines is 1. The fraction of sp³-hybridized carbons (Fsp3) is 0.200. The lowest BCUT2D eigenvalue weighted by Gasteiger charge is -2.15. The second-order valence-electron chi connectivity index (χ2n) is 5.28. The lowest BCUT2D eigenvalue weighted by Crippen LogP contribution is -2.19. The number of benzene rings is 2. The lowest BCUT2D eigenvalue weighted by molar-refractivity contribution is 0.382. The number of hydrogen-bond acceptors (Lipinski definition) is 2. The summed E-state index contributed by atoms with van der Waals surface area (Å²) >= 11 is 0. The molecule has 2 rings (SSSR count). The Labute approximate surface area is 135 Å². The van der Waals surface area contributed by atoms with Gasteiger partial charge in [-0.3, -0.25) is 4.72 Å². The van der Waals surface area contributed by atoms with Crippen molar-refractivity contribution >= 4 is 15.7 Å². The van der Waals surface area contributed by atoms with Crippen molar-refractivity contribution in [1.29, 1.82) is 0 Å². The molecule has 2 aromatic carbocycles.